The van der Waals surface area contributed by atoms with Gasteiger partial charge in [0, 0.05) is 20.1 Å². The zero-order valence-corrected chi connectivity index (χ0v) is 14.9. The number of phenolic OH excluding ortho intramolecular Hbond substituents is 1. The molecule has 1 aliphatic carbocycles. The highest BCUT2D eigenvalue weighted by molar-refractivity contribution is 6.11. The van der Waals surface area contributed by atoms with Crippen LogP contribution < -0.4 is 10.6 Å². The summed E-state index contributed by atoms with van der Waals surface area (Å²) < 4.78 is 37.4. The Kier molecular flexibility index (Phi) is 5.69. The Bertz CT molecular complexity index is 790. The minimum Gasteiger partial charge on any atom is -0.505 e. The summed E-state index contributed by atoms with van der Waals surface area (Å²) in [6, 6.07) is 3.18. The maximum Gasteiger partial charge on any atom is 0.391 e. The number of para-hydroxylation sites is 1. The molecule has 27 heavy (non-hydrogen) atoms. The minimum atomic E-state index is -4.40. The Balaban J connectivity index is 2.27. The Morgan fingerprint density at radius 2 is 1.96 bits per heavy atom. The van der Waals surface area contributed by atoms with Gasteiger partial charge in [-0.1, -0.05) is 6.07 Å². The molecule has 4 N–H and O–H groups in total. The molecule has 0 saturated carbocycles. The molecule has 0 saturated heterocycles. The number of carbonyl (C=O) groups excluding carboxylic acids is 2. The summed E-state index contributed by atoms with van der Waals surface area (Å²) in [6.45, 7) is 1.27. The van der Waals surface area contributed by atoms with E-state index in [9.17, 15) is 33.0 Å². The summed E-state index contributed by atoms with van der Waals surface area (Å²) >= 11 is 0. The van der Waals surface area contributed by atoms with E-state index in [0.717, 1.165) is 0 Å². The molecule has 0 aromatic heterocycles. The summed E-state index contributed by atoms with van der Waals surface area (Å²) in [7, 11) is 3.00. The van der Waals surface area contributed by atoms with Gasteiger partial charge in [-0.2, -0.15) is 13.2 Å². The van der Waals surface area contributed by atoms with Crippen LogP contribution in [0.3, 0.4) is 0 Å². The van der Waals surface area contributed by atoms with Crippen molar-refractivity contribution in [2.24, 2.45) is 0 Å². The van der Waals surface area contributed by atoms with Crippen molar-refractivity contribution in [3.05, 3.63) is 35.2 Å². The smallest absolute Gasteiger partial charge is 0.391 e. The van der Waals surface area contributed by atoms with E-state index < -0.39 is 42.2 Å². The number of anilines is 1. The first-order chi connectivity index (χ1) is 12.4. The van der Waals surface area contributed by atoms with E-state index in [1.165, 1.54) is 44.1 Å². The number of benzene rings is 1. The van der Waals surface area contributed by atoms with Crippen LogP contribution in [0.1, 0.15) is 23.7 Å². The van der Waals surface area contributed by atoms with Gasteiger partial charge in [0.25, 0.3) is 5.91 Å². The van der Waals surface area contributed by atoms with Crippen molar-refractivity contribution in [1.29, 1.82) is 0 Å². The third-order valence-corrected chi connectivity index (χ3v) is 3.91. The number of hydrogen-bond donors (Lipinski definition) is 4. The molecule has 0 bridgehead atoms. The first-order valence-corrected chi connectivity index (χ1v) is 8.02. The van der Waals surface area contributed by atoms with Crippen molar-refractivity contribution >= 4 is 17.4 Å². The summed E-state index contributed by atoms with van der Waals surface area (Å²) in [6.07, 6.45) is -7.13. The average Bonchev–Trinajstić information content (AvgIpc) is 2.56. The molecule has 0 spiro atoms. The number of amides is 1. The molecule has 0 radical (unpaired) electrons. The fraction of sp³-hybridized carbons (Fsp3) is 0.412. The van der Waals surface area contributed by atoms with Crippen LogP contribution in [0, 0.1) is 0 Å². The van der Waals surface area contributed by atoms with Crippen LogP contribution in [0.25, 0.3) is 0 Å². The van der Waals surface area contributed by atoms with Gasteiger partial charge >= 0.3 is 6.18 Å². The number of carbonyl (C=O) groups is 2. The van der Waals surface area contributed by atoms with Crippen molar-refractivity contribution in [3.8, 4) is 5.75 Å². The van der Waals surface area contributed by atoms with Gasteiger partial charge in [0.15, 0.2) is 11.9 Å². The maximum atomic E-state index is 12.5. The number of nitrogens with zero attached hydrogens (tertiary/aromatic N) is 1. The molecule has 0 aliphatic heterocycles. The molecule has 2 rings (SSSR count). The Morgan fingerprint density at radius 3 is 2.52 bits per heavy atom. The fourth-order valence-corrected chi connectivity index (χ4v) is 2.60. The second kappa shape index (κ2) is 7.47. The first-order valence-electron chi connectivity index (χ1n) is 8.02. The molecule has 1 aliphatic rings. The molecule has 10 heteroatoms. The minimum absolute atomic E-state index is 0.0146. The Morgan fingerprint density at radius 1 is 1.33 bits per heavy atom. The van der Waals surface area contributed by atoms with E-state index in [1.807, 2.05) is 0 Å². The normalized spacial score (nSPS) is 18.0. The molecule has 1 aromatic carbocycles. The van der Waals surface area contributed by atoms with Crippen molar-refractivity contribution in [3.63, 3.8) is 0 Å². The monoisotopic (exact) mass is 387 g/mol. The number of aromatic hydroxyl groups is 1. The van der Waals surface area contributed by atoms with E-state index >= 15 is 0 Å². The lowest BCUT2D eigenvalue weighted by atomic mass is 9.93. The van der Waals surface area contributed by atoms with Crippen LogP contribution in [0.4, 0.5) is 18.9 Å². The van der Waals surface area contributed by atoms with Gasteiger partial charge in [0.2, 0.25) is 5.78 Å². The highest BCUT2D eigenvalue weighted by Gasteiger charge is 2.40. The highest BCUT2D eigenvalue weighted by atomic mass is 19.4. The van der Waals surface area contributed by atoms with Crippen LogP contribution in [0.2, 0.25) is 0 Å². The molecule has 0 heterocycles. The van der Waals surface area contributed by atoms with Crippen molar-refractivity contribution in [2.45, 2.75) is 31.7 Å². The molecule has 1 amide bonds. The number of rotatable bonds is 6. The van der Waals surface area contributed by atoms with Crippen LogP contribution in [0.5, 0.6) is 5.75 Å². The molecule has 2 unspecified atom stereocenters. The number of alkyl halides is 3. The first kappa shape index (κ1) is 20.6. The van der Waals surface area contributed by atoms with E-state index in [2.05, 4.69) is 10.6 Å². The average molecular weight is 387 g/mol. The van der Waals surface area contributed by atoms with Crippen molar-refractivity contribution in [2.75, 3.05) is 19.4 Å². The lowest BCUT2D eigenvalue weighted by Crippen LogP contribution is -2.48. The van der Waals surface area contributed by atoms with Crippen LogP contribution >= 0.6 is 0 Å². The second-order valence-corrected chi connectivity index (χ2v) is 6.45. The number of aliphatic hydroxyl groups is 1. The number of aliphatic hydroxyl groups excluding tert-OH is 1. The lowest BCUT2D eigenvalue weighted by Gasteiger charge is -2.32. The van der Waals surface area contributed by atoms with Crippen molar-refractivity contribution in [1.82, 2.24) is 10.2 Å². The van der Waals surface area contributed by atoms with Gasteiger partial charge in [-0.05, 0) is 19.1 Å². The van der Waals surface area contributed by atoms with E-state index in [4.69, 9.17) is 0 Å². The fourth-order valence-electron chi connectivity index (χ4n) is 2.60. The van der Waals surface area contributed by atoms with Gasteiger partial charge in [-0.15, -0.1) is 0 Å². The van der Waals surface area contributed by atoms with Gasteiger partial charge in [-0.3, -0.25) is 9.59 Å². The Labute approximate surface area is 153 Å². The maximum absolute atomic E-state index is 12.5. The van der Waals surface area contributed by atoms with E-state index in [-0.39, 0.29) is 22.6 Å². The largest absolute Gasteiger partial charge is 0.505 e. The molecule has 148 valence electrons. The number of ketones is 1. The summed E-state index contributed by atoms with van der Waals surface area (Å²) in [4.78, 5) is 25.2. The zero-order valence-electron chi connectivity index (χ0n) is 14.9. The predicted molar refractivity (Wildman–Crippen MR) is 91.1 cm³/mol. The molecule has 2 atom stereocenters. The summed E-state index contributed by atoms with van der Waals surface area (Å²) in [5, 5.41) is 25.1. The lowest BCUT2D eigenvalue weighted by molar-refractivity contribution is -0.139. The topological polar surface area (TPSA) is 102 Å². The van der Waals surface area contributed by atoms with Crippen LogP contribution in [-0.4, -0.2) is 59.2 Å². The predicted octanol–water partition coefficient (Wildman–Crippen LogP) is 1.59. The Hall–Kier alpha value is -2.75. The van der Waals surface area contributed by atoms with E-state index in [1.54, 1.807) is 0 Å². The number of nitrogens with one attached hydrogen (secondary N) is 2. The zero-order chi connectivity index (χ0) is 20.5. The number of Topliss-reactive ketones (excluding diaryl/α,β-unsaturated/α-hetero) is 1. The molecule has 0 fully saturated rings. The van der Waals surface area contributed by atoms with Crippen LogP contribution in [-0.2, 0) is 4.79 Å². The summed E-state index contributed by atoms with van der Waals surface area (Å²) in [5.41, 5.74) is -0.264. The quantitative estimate of drug-likeness (QED) is 0.553. The van der Waals surface area contributed by atoms with E-state index in [0.29, 0.717) is 0 Å². The second-order valence-electron chi connectivity index (χ2n) is 6.45. The van der Waals surface area contributed by atoms with Gasteiger partial charge in [-0.25, -0.2) is 0 Å². The number of halogens is 3. The van der Waals surface area contributed by atoms with Gasteiger partial charge in [0.1, 0.15) is 5.70 Å². The van der Waals surface area contributed by atoms with Crippen LogP contribution in [0.15, 0.2) is 29.6 Å². The third kappa shape index (κ3) is 4.51. The number of hydrogen-bond acceptors (Lipinski definition) is 6. The standard InChI is InChI=1S/C17H20F3N3O4/c1-8(7-17(18,19)20)21-11-12(15(26)14(11)25)22-10-6-4-5-9(13(10)24)16(27)23(2)3/h4-6,8,14,21-22,24-25H,7H2,1-3H3. The molecular formula is C17H20F3N3O4. The van der Waals surface area contributed by atoms with Gasteiger partial charge in [0.05, 0.1) is 23.4 Å². The third-order valence-electron chi connectivity index (χ3n) is 3.91. The summed E-state index contributed by atoms with van der Waals surface area (Å²) in [5.74, 6) is -1.62. The number of phenols is 1. The molecule has 7 nitrogen and oxygen atoms in total. The molecule has 1 aromatic rings. The van der Waals surface area contributed by atoms with Gasteiger partial charge < -0.3 is 25.7 Å². The molecular weight excluding hydrogens is 367 g/mol. The highest BCUT2D eigenvalue weighted by Crippen LogP contribution is 2.33. The van der Waals surface area contributed by atoms with Crippen molar-refractivity contribution < 1.29 is 33.0 Å². The SMILES string of the molecule is CC(CC(F)(F)F)NC1=C(Nc2cccc(C(=O)N(C)C)c2O)C(=O)C1O.